The predicted octanol–water partition coefficient (Wildman–Crippen LogP) is 2.52. The van der Waals surface area contributed by atoms with Gasteiger partial charge in [0.1, 0.15) is 0 Å². The van der Waals surface area contributed by atoms with Crippen LogP contribution >= 0.6 is 0 Å². The van der Waals surface area contributed by atoms with E-state index in [1.54, 1.807) is 5.57 Å². The number of aliphatic hydroxyl groups excluding tert-OH is 1. The number of rotatable bonds is 4. The van der Waals surface area contributed by atoms with Crippen LogP contribution in [0.2, 0.25) is 0 Å². The van der Waals surface area contributed by atoms with Crippen LogP contribution in [-0.4, -0.2) is 16.3 Å². The molecule has 0 bridgehead atoms. The molecule has 2 rings (SSSR count). The van der Waals surface area contributed by atoms with Crippen molar-refractivity contribution in [2.45, 2.75) is 38.6 Å². The predicted molar refractivity (Wildman–Crippen MR) is 61.8 cm³/mol. The summed E-state index contributed by atoms with van der Waals surface area (Å²) in [5, 5.41) is 8.94. The van der Waals surface area contributed by atoms with Crippen LogP contribution in [0.4, 0.5) is 0 Å². The van der Waals surface area contributed by atoms with E-state index in [4.69, 9.17) is 5.11 Å². The van der Waals surface area contributed by atoms with Gasteiger partial charge in [-0.25, -0.2) is 0 Å². The number of hydrogen-bond acceptors (Lipinski definition) is 1. The molecule has 1 heterocycles. The molecule has 0 unspecified atom stereocenters. The Balaban J connectivity index is 2.02. The minimum Gasteiger partial charge on any atom is -0.396 e. The van der Waals surface area contributed by atoms with Crippen molar-refractivity contribution in [2.24, 2.45) is 0 Å². The molecule has 1 aromatic heterocycles. The van der Waals surface area contributed by atoms with Gasteiger partial charge in [0.05, 0.1) is 0 Å². The van der Waals surface area contributed by atoms with Gasteiger partial charge in [-0.1, -0.05) is 11.6 Å². The van der Waals surface area contributed by atoms with Crippen LogP contribution in [0.3, 0.4) is 0 Å². The van der Waals surface area contributed by atoms with E-state index in [9.17, 15) is 0 Å². The molecule has 0 spiro atoms. The highest BCUT2D eigenvalue weighted by Gasteiger charge is 2.06. The maximum Gasteiger partial charge on any atom is 0.0485 e. The highest BCUT2D eigenvalue weighted by atomic mass is 16.3. The minimum atomic E-state index is 0.239. The Morgan fingerprint density at radius 2 is 2.27 bits per heavy atom. The summed E-state index contributed by atoms with van der Waals surface area (Å²) in [5.74, 6) is 0. The van der Waals surface area contributed by atoms with Gasteiger partial charge in [0.15, 0.2) is 0 Å². The van der Waals surface area contributed by atoms with Gasteiger partial charge < -0.3 is 9.67 Å². The molecule has 0 saturated heterocycles. The number of aromatic nitrogens is 1. The fourth-order valence-electron chi connectivity index (χ4n) is 2.21. The Hall–Kier alpha value is -1.02. The quantitative estimate of drug-likeness (QED) is 0.751. The molecule has 1 aromatic rings. The summed E-state index contributed by atoms with van der Waals surface area (Å²) < 4.78 is 2.26. The fourth-order valence-corrected chi connectivity index (χ4v) is 2.21. The van der Waals surface area contributed by atoms with Crippen LogP contribution in [0.15, 0.2) is 30.0 Å². The molecule has 0 aliphatic heterocycles. The average Bonchev–Trinajstić information content (AvgIpc) is 2.68. The third kappa shape index (κ3) is 2.72. The van der Waals surface area contributed by atoms with Crippen molar-refractivity contribution in [1.82, 2.24) is 4.57 Å². The van der Waals surface area contributed by atoms with E-state index in [0.717, 1.165) is 13.0 Å². The van der Waals surface area contributed by atoms with Gasteiger partial charge in [0, 0.05) is 31.5 Å². The first kappa shape index (κ1) is 10.5. The zero-order chi connectivity index (χ0) is 10.5. The number of aliphatic hydroxyl groups is 1. The zero-order valence-electron chi connectivity index (χ0n) is 9.15. The van der Waals surface area contributed by atoms with E-state index in [1.807, 2.05) is 0 Å². The van der Waals surface area contributed by atoms with Crippen molar-refractivity contribution >= 4 is 0 Å². The molecule has 2 heteroatoms. The lowest BCUT2D eigenvalue weighted by molar-refractivity contribution is 0.296. The van der Waals surface area contributed by atoms with Crippen molar-refractivity contribution in [3.8, 4) is 0 Å². The molecule has 2 nitrogen and oxygen atoms in total. The monoisotopic (exact) mass is 205 g/mol. The van der Waals surface area contributed by atoms with Crippen molar-refractivity contribution in [2.75, 3.05) is 6.61 Å². The molecule has 1 N–H and O–H groups in total. The van der Waals surface area contributed by atoms with Gasteiger partial charge >= 0.3 is 0 Å². The molecule has 15 heavy (non-hydrogen) atoms. The van der Waals surface area contributed by atoms with Crippen molar-refractivity contribution in [1.29, 1.82) is 0 Å². The molecular formula is C13H19NO. The van der Waals surface area contributed by atoms with Crippen LogP contribution < -0.4 is 0 Å². The molecule has 0 fully saturated rings. The second kappa shape index (κ2) is 5.17. The second-order valence-electron chi connectivity index (χ2n) is 4.21. The Morgan fingerprint density at radius 3 is 3.00 bits per heavy atom. The Bertz CT molecular complexity index is 338. The molecule has 1 aliphatic carbocycles. The van der Waals surface area contributed by atoms with Crippen molar-refractivity contribution in [3.63, 3.8) is 0 Å². The van der Waals surface area contributed by atoms with Crippen LogP contribution in [0.25, 0.3) is 0 Å². The third-order valence-corrected chi connectivity index (χ3v) is 3.05. The van der Waals surface area contributed by atoms with Gasteiger partial charge in [-0.2, -0.15) is 0 Å². The second-order valence-corrected chi connectivity index (χ2v) is 4.21. The molecule has 0 saturated carbocycles. The van der Waals surface area contributed by atoms with Crippen molar-refractivity contribution < 1.29 is 5.11 Å². The summed E-state index contributed by atoms with van der Waals surface area (Å²) in [5.41, 5.74) is 2.79. The summed E-state index contributed by atoms with van der Waals surface area (Å²) in [7, 11) is 0. The van der Waals surface area contributed by atoms with Gasteiger partial charge in [-0.05, 0) is 37.8 Å². The lowest BCUT2D eigenvalue weighted by atomic mass is 9.99. The topological polar surface area (TPSA) is 25.2 Å². The van der Waals surface area contributed by atoms with E-state index in [0.29, 0.717) is 0 Å². The molecule has 0 atom stereocenters. The summed E-state index contributed by atoms with van der Waals surface area (Å²) in [4.78, 5) is 0. The van der Waals surface area contributed by atoms with E-state index in [1.165, 1.54) is 31.4 Å². The van der Waals surface area contributed by atoms with Crippen LogP contribution in [0.1, 0.15) is 31.4 Å². The van der Waals surface area contributed by atoms with Crippen LogP contribution in [-0.2, 0) is 13.0 Å². The van der Waals surface area contributed by atoms with Crippen LogP contribution in [0.5, 0.6) is 0 Å². The Labute approximate surface area is 91.2 Å². The van der Waals surface area contributed by atoms with Crippen LogP contribution in [0, 0.1) is 0 Å². The normalized spacial score (nSPS) is 16.5. The first-order valence-electron chi connectivity index (χ1n) is 5.83. The van der Waals surface area contributed by atoms with E-state index >= 15 is 0 Å². The lowest BCUT2D eigenvalue weighted by Crippen LogP contribution is -2.07. The van der Waals surface area contributed by atoms with E-state index in [2.05, 4.69) is 29.0 Å². The fraction of sp³-hybridized carbons (Fsp3) is 0.538. The van der Waals surface area contributed by atoms with Crippen molar-refractivity contribution in [3.05, 3.63) is 35.7 Å². The maximum atomic E-state index is 8.94. The van der Waals surface area contributed by atoms with Gasteiger partial charge in [0.25, 0.3) is 0 Å². The molecule has 0 aromatic carbocycles. The summed E-state index contributed by atoms with van der Waals surface area (Å²) in [6, 6.07) is 4.16. The zero-order valence-corrected chi connectivity index (χ0v) is 9.15. The Morgan fingerprint density at radius 1 is 1.33 bits per heavy atom. The van der Waals surface area contributed by atoms with Gasteiger partial charge in [0.2, 0.25) is 0 Å². The summed E-state index contributed by atoms with van der Waals surface area (Å²) >= 11 is 0. The Kier molecular flexibility index (Phi) is 3.62. The molecular weight excluding hydrogens is 186 g/mol. The summed E-state index contributed by atoms with van der Waals surface area (Å²) in [6.45, 7) is 1.26. The van der Waals surface area contributed by atoms with Gasteiger partial charge in [-0.15, -0.1) is 0 Å². The largest absolute Gasteiger partial charge is 0.396 e. The smallest absolute Gasteiger partial charge is 0.0485 e. The average molecular weight is 205 g/mol. The first-order chi connectivity index (χ1) is 7.40. The number of nitrogens with zero attached hydrogens (tertiary/aromatic N) is 1. The third-order valence-electron chi connectivity index (χ3n) is 3.05. The standard InChI is InChI=1S/C13H19NO/c15-10-8-13-7-4-9-14(13)11-12-5-2-1-3-6-12/h4-5,7,9,15H,1-3,6,8,10-11H2. The highest BCUT2D eigenvalue weighted by Crippen LogP contribution is 2.19. The SMILES string of the molecule is OCCc1cccn1CC1=CCCCC1. The van der Waals surface area contributed by atoms with Gasteiger partial charge in [-0.3, -0.25) is 0 Å². The first-order valence-corrected chi connectivity index (χ1v) is 5.83. The summed E-state index contributed by atoms with van der Waals surface area (Å²) in [6.07, 6.45) is 10.4. The highest BCUT2D eigenvalue weighted by molar-refractivity contribution is 5.12. The number of allylic oxidation sites excluding steroid dienone is 2. The molecule has 0 radical (unpaired) electrons. The van der Waals surface area contributed by atoms with E-state index < -0.39 is 0 Å². The molecule has 82 valence electrons. The molecule has 1 aliphatic rings. The van der Waals surface area contributed by atoms with E-state index in [-0.39, 0.29) is 6.61 Å². The number of hydrogen-bond donors (Lipinski definition) is 1. The minimum absolute atomic E-state index is 0.239. The maximum absolute atomic E-state index is 8.94. The lowest BCUT2D eigenvalue weighted by Gasteiger charge is -2.15. The molecule has 0 amide bonds.